The summed E-state index contributed by atoms with van der Waals surface area (Å²) in [4.78, 5) is 0.135. The van der Waals surface area contributed by atoms with E-state index < -0.39 is 10.0 Å². The lowest BCUT2D eigenvalue weighted by atomic mass is 10.4. The Morgan fingerprint density at radius 1 is 1.41 bits per heavy atom. The van der Waals surface area contributed by atoms with E-state index in [2.05, 4.69) is 15.2 Å². The van der Waals surface area contributed by atoms with Crippen LogP contribution in [0.4, 0.5) is 0 Å². The summed E-state index contributed by atoms with van der Waals surface area (Å²) >= 11 is 0. The van der Waals surface area contributed by atoms with Crippen molar-refractivity contribution >= 4 is 22.4 Å². The summed E-state index contributed by atoms with van der Waals surface area (Å²) in [6.45, 7) is 5.39. The molecule has 0 bridgehead atoms. The topological polar surface area (TPSA) is 84.2 Å². The molecule has 0 aliphatic carbocycles. The van der Waals surface area contributed by atoms with Gasteiger partial charge in [-0.25, -0.2) is 13.1 Å². The first-order chi connectivity index (χ1) is 7.38. The third kappa shape index (κ3) is 3.95. The second kappa shape index (κ2) is 6.34. The molecule has 0 fully saturated rings. The van der Waals surface area contributed by atoms with Crippen LogP contribution in [0, 0.1) is 13.8 Å². The van der Waals surface area contributed by atoms with E-state index >= 15 is 0 Å². The van der Waals surface area contributed by atoms with E-state index in [1.807, 2.05) is 6.92 Å². The van der Waals surface area contributed by atoms with Gasteiger partial charge in [-0.05, 0) is 27.8 Å². The Kier molecular flexibility index (Phi) is 6.11. The van der Waals surface area contributed by atoms with E-state index in [1.54, 1.807) is 20.9 Å². The zero-order valence-electron chi connectivity index (χ0n) is 10.3. The lowest BCUT2D eigenvalue weighted by molar-refractivity contribution is 0.390. The summed E-state index contributed by atoms with van der Waals surface area (Å²) in [5.41, 5.74) is 0.377. The number of aromatic nitrogens is 1. The number of nitrogens with zero attached hydrogens (tertiary/aromatic N) is 1. The van der Waals surface area contributed by atoms with Crippen LogP contribution in [0.5, 0.6) is 0 Å². The highest BCUT2D eigenvalue weighted by molar-refractivity contribution is 7.89. The van der Waals surface area contributed by atoms with Gasteiger partial charge in [0.15, 0.2) is 5.76 Å². The second-order valence-corrected chi connectivity index (χ2v) is 5.40. The van der Waals surface area contributed by atoms with E-state index in [0.717, 1.165) is 0 Å². The van der Waals surface area contributed by atoms with Crippen molar-refractivity contribution in [2.45, 2.75) is 31.7 Å². The van der Waals surface area contributed by atoms with Crippen LogP contribution >= 0.6 is 12.4 Å². The molecule has 0 radical (unpaired) electrons. The Bertz CT molecular complexity index is 439. The molecular weight excluding hydrogens is 266 g/mol. The number of hydrogen-bond donors (Lipinski definition) is 2. The van der Waals surface area contributed by atoms with Crippen molar-refractivity contribution in [3.8, 4) is 0 Å². The molecule has 1 aromatic heterocycles. The molecule has 0 amide bonds. The molecule has 100 valence electrons. The van der Waals surface area contributed by atoms with Crippen molar-refractivity contribution in [2.75, 3.05) is 13.6 Å². The first kappa shape index (κ1) is 16.4. The maximum Gasteiger partial charge on any atom is 0.246 e. The van der Waals surface area contributed by atoms with Gasteiger partial charge >= 0.3 is 0 Å². The standard InChI is InChI=1S/C9H17N3O3S.ClH/c1-6(10-4)5-11-16(13,14)9-7(2)12-15-8(9)3;/h6,10-11H,5H2,1-4H3;1H. The van der Waals surface area contributed by atoms with Crippen LogP contribution in [0.1, 0.15) is 18.4 Å². The zero-order chi connectivity index (χ0) is 12.3. The highest BCUT2D eigenvalue weighted by Crippen LogP contribution is 2.18. The second-order valence-electron chi connectivity index (χ2n) is 3.69. The van der Waals surface area contributed by atoms with Gasteiger partial charge in [0.25, 0.3) is 0 Å². The van der Waals surface area contributed by atoms with Crippen molar-refractivity contribution < 1.29 is 12.9 Å². The molecule has 1 atom stereocenters. The van der Waals surface area contributed by atoms with E-state index in [1.165, 1.54) is 0 Å². The normalized spacial score (nSPS) is 13.2. The minimum atomic E-state index is -3.53. The van der Waals surface area contributed by atoms with Crippen LogP contribution in [-0.2, 0) is 10.0 Å². The van der Waals surface area contributed by atoms with Crippen molar-refractivity contribution in [1.29, 1.82) is 0 Å². The van der Waals surface area contributed by atoms with Gasteiger partial charge in [0.2, 0.25) is 10.0 Å². The number of aryl methyl sites for hydroxylation is 2. The summed E-state index contributed by atoms with van der Waals surface area (Å²) in [5.74, 6) is 0.308. The fourth-order valence-corrected chi connectivity index (χ4v) is 2.72. The van der Waals surface area contributed by atoms with Crippen molar-refractivity contribution in [2.24, 2.45) is 0 Å². The van der Waals surface area contributed by atoms with Crippen LogP contribution in [0.25, 0.3) is 0 Å². The number of halogens is 1. The predicted molar refractivity (Wildman–Crippen MR) is 66.9 cm³/mol. The SMILES string of the molecule is CNC(C)CNS(=O)(=O)c1c(C)noc1C.Cl. The lowest BCUT2D eigenvalue weighted by Crippen LogP contribution is -2.37. The summed E-state index contributed by atoms with van der Waals surface area (Å²) in [5, 5.41) is 6.57. The van der Waals surface area contributed by atoms with Crippen LogP contribution in [0.2, 0.25) is 0 Å². The molecule has 0 saturated carbocycles. The van der Waals surface area contributed by atoms with Crippen LogP contribution in [0.15, 0.2) is 9.42 Å². The molecule has 1 rings (SSSR count). The van der Waals surface area contributed by atoms with Gasteiger partial charge in [-0.1, -0.05) is 5.16 Å². The molecule has 1 aromatic rings. The third-order valence-corrected chi connectivity index (χ3v) is 3.98. The molecule has 1 unspecified atom stereocenters. The average molecular weight is 284 g/mol. The maximum atomic E-state index is 11.9. The molecule has 0 aliphatic heterocycles. The highest BCUT2D eigenvalue weighted by atomic mass is 35.5. The Labute approximate surface area is 108 Å². The predicted octanol–water partition coefficient (Wildman–Crippen LogP) is 0.599. The first-order valence-electron chi connectivity index (χ1n) is 4.98. The molecular formula is C9H18ClN3O3S. The fraction of sp³-hybridized carbons (Fsp3) is 0.667. The molecule has 8 heteroatoms. The quantitative estimate of drug-likeness (QED) is 0.827. The van der Waals surface area contributed by atoms with Gasteiger partial charge in [-0.15, -0.1) is 12.4 Å². The molecule has 0 aliphatic rings. The fourth-order valence-electron chi connectivity index (χ4n) is 1.27. The summed E-state index contributed by atoms with van der Waals surface area (Å²) in [6.07, 6.45) is 0. The Morgan fingerprint density at radius 3 is 2.41 bits per heavy atom. The van der Waals surface area contributed by atoms with Crippen LogP contribution < -0.4 is 10.0 Å². The lowest BCUT2D eigenvalue weighted by Gasteiger charge is -2.11. The maximum absolute atomic E-state index is 11.9. The molecule has 17 heavy (non-hydrogen) atoms. The summed E-state index contributed by atoms with van der Waals surface area (Å²) in [7, 11) is -1.76. The molecule has 1 heterocycles. The molecule has 0 saturated heterocycles. The number of nitrogens with one attached hydrogen (secondary N) is 2. The number of hydrogen-bond acceptors (Lipinski definition) is 5. The van der Waals surface area contributed by atoms with E-state index in [4.69, 9.17) is 4.52 Å². The van der Waals surface area contributed by atoms with E-state index in [0.29, 0.717) is 18.0 Å². The first-order valence-corrected chi connectivity index (χ1v) is 6.46. The average Bonchev–Trinajstić information content (AvgIpc) is 2.55. The Balaban J connectivity index is 0.00000256. The molecule has 6 nitrogen and oxygen atoms in total. The minimum absolute atomic E-state index is 0. The van der Waals surface area contributed by atoms with Gasteiger partial charge in [0.1, 0.15) is 10.6 Å². The van der Waals surface area contributed by atoms with E-state index in [9.17, 15) is 8.42 Å². The number of likely N-dealkylation sites (N-methyl/N-ethyl adjacent to an activating group) is 1. The number of rotatable bonds is 5. The number of sulfonamides is 1. The van der Waals surface area contributed by atoms with Gasteiger partial charge in [-0.3, -0.25) is 0 Å². The van der Waals surface area contributed by atoms with Crippen LogP contribution in [0.3, 0.4) is 0 Å². The van der Waals surface area contributed by atoms with Gasteiger partial charge in [0.05, 0.1) is 0 Å². The monoisotopic (exact) mass is 283 g/mol. The smallest absolute Gasteiger partial charge is 0.246 e. The van der Waals surface area contributed by atoms with Gasteiger partial charge in [-0.2, -0.15) is 0 Å². The van der Waals surface area contributed by atoms with Crippen LogP contribution in [-0.4, -0.2) is 33.2 Å². The largest absolute Gasteiger partial charge is 0.360 e. The minimum Gasteiger partial charge on any atom is -0.360 e. The Morgan fingerprint density at radius 2 is 2.00 bits per heavy atom. The van der Waals surface area contributed by atoms with Gasteiger partial charge < -0.3 is 9.84 Å². The van der Waals surface area contributed by atoms with Crippen molar-refractivity contribution in [1.82, 2.24) is 15.2 Å². The van der Waals surface area contributed by atoms with Crippen molar-refractivity contribution in [3.63, 3.8) is 0 Å². The molecule has 0 aromatic carbocycles. The molecule has 0 spiro atoms. The Hall–Kier alpha value is -0.630. The molecule has 2 N–H and O–H groups in total. The van der Waals surface area contributed by atoms with Crippen molar-refractivity contribution in [3.05, 3.63) is 11.5 Å². The van der Waals surface area contributed by atoms with E-state index in [-0.39, 0.29) is 23.3 Å². The zero-order valence-corrected chi connectivity index (χ0v) is 11.9. The third-order valence-electron chi connectivity index (χ3n) is 2.31. The summed E-state index contributed by atoms with van der Waals surface area (Å²) < 4.78 is 31.2. The summed E-state index contributed by atoms with van der Waals surface area (Å²) in [6, 6.07) is 0.0650. The van der Waals surface area contributed by atoms with Gasteiger partial charge in [0, 0.05) is 12.6 Å². The highest BCUT2D eigenvalue weighted by Gasteiger charge is 2.23.